The third-order valence-electron chi connectivity index (χ3n) is 3.11. The Labute approximate surface area is 104 Å². The summed E-state index contributed by atoms with van der Waals surface area (Å²) in [6.07, 6.45) is 1.09. The van der Waals surface area contributed by atoms with Crippen LogP contribution in [0, 0.1) is 5.92 Å². The smallest absolute Gasteiger partial charge is 0.444 e. The zero-order valence-corrected chi connectivity index (χ0v) is 9.74. The first kappa shape index (κ1) is 11.1. The van der Waals surface area contributed by atoms with Gasteiger partial charge in [-0.1, -0.05) is 30.3 Å². The number of hydroxylamine groups is 2. The van der Waals surface area contributed by atoms with Gasteiger partial charge >= 0.3 is 12.1 Å². The first-order valence-electron chi connectivity index (χ1n) is 5.98. The molecule has 0 bridgehead atoms. The van der Waals surface area contributed by atoms with Crippen LogP contribution < -0.4 is 0 Å². The van der Waals surface area contributed by atoms with Gasteiger partial charge in [-0.25, -0.2) is 9.59 Å². The molecule has 2 fully saturated rings. The maximum Gasteiger partial charge on any atom is 0.444 e. The van der Waals surface area contributed by atoms with Crippen LogP contribution in [0.4, 0.5) is 4.79 Å². The Kier molecular flexibility index (Phi) is 2.66. The van der Waals surface area contributed by atoms with Crippen LogP contribution in [0.5, 0.6) is 0 Å². The lowest BCUT2D eigenvalue weighted by molar-refractivity contribution is -0.183. The maximum absolute atomic E-state index is 11.6. The molecule has 0 aromatic heterocycles. The highest BCUT2D eigenvalue weighted by molar-refractivity contribution is 5.77. The highest BCUT2D eigenvalue weighted by Crippen LogP contribution is 2.33. The summed E-state index contributed by atoms with van der Waals surface area (Å²) in [7, 11) is 0. The number of carbonyl (C=O) groups excluding carboxylic acids is 2. The minimum Gasteiger partial charge on any atom is -0.445 e. The molecule has 1 heterocycles. The van der Waals surface area contributed by atoms with Crippen molar-refractivity contribution in [1.82, 2.24) is 5.06 Å². The lowest BCUT2D eigenvalue weighted by Crippen LogP contribution is -2.31. The third kappa shape index (κ3) is 2.03. The third-order valence-corrected chi connectivity index (χ3v) is 3.11. The monoisotopic (exact) mass is 247 g/mol. The first-order valence-corrected chi connectivity index (χ1v) is 5.98. The van der Waals surface area contributed by atoms with E-state index in [0.717, 1.165) is 23.5 Å². The zero-order chi connectivity index (χ0) is 12.5. The summed E-state index contributed by atoms with van der Waals surface area (Å²) in [5, 5.41) is 1.05. The van der Waals surface area contributed by atoms with Crippen LogP contribution in [-0.4, -0.2) is 23.7 Å². The van der Waals surface area contributed by atoms with Crippen LogP contribution in [-0.2, 0) is 14.4 Å². The van der Waals surface area contributed by atoms with Gasteiger partial charge in [-0.2, -0.15) is 0 Å². The molecular weight excluding hydrogens is 234 g/mol. The number of ether oxygens (including phenoxy) is 1. The number of hydrogen-bond acceptors (Lipinski definition) is 4. The van der Waals surface area contributed by atoms with E-state index < -0.39 is 6.09 Å². The number of benzene rings is 1. The molecule has 18 heavy (non-hydrogen) atoms. The van der Waals surface area contributed by atoms with Crippen molar-refractivity contribution in [2.24, 2.45) is 5.92 Å². The van der Waals surface area contributed by atoms with E-state index in [4.69, 9.17) is 9.57 Å². The Bertz CT molecular complexity index is 469. The molecule has 1 atom stereocenters. The number of hydrogen-bond donors (Lipinski definition) is 0. The van der Waals surface area contributed by atoms with Crippen molar-refractivity contribution in [3.8, 4) is 0 Å². The Hall–Kier alpha value is -2.04. The van der Waals surface area contributed by atoms with E-state index in [1.54, 1.807) is 0 Å². The molecule has 1 saturated heterocycles. The van der Waals surface area contributed by atoms with Crippen LogP contribution >= 0.6 is 0 Å². The van der Waals surface area contributed by atoms with Crippen molar-refractivity contribution in [2.45, 2.75) is 18.9 Å². The molecule has 0 spiro atoms. The minimum absolute atomic E-state index is 0.0465. The van der Waals surface area contributed by atoms with E-state index in [-0.39, 0.29) is 24.5 Å². The predicted molar refractivity (Wildman–Crippen MR) is 61.2 cm³/mol. The van der Waals surface area contributed by atoms with E-state index in [0.29, 0.717) is 0 Å². The molecule has 0 radical (unpaired) electrons. The average Bonchev–Trinajstić information content (AvgIpc) is 3.18. The summed E-state index contributed by atoms with van der Waals surface area (Å²) in [6, 6.07) is 9.05. The molecule has 1 aliphatic carbocycles. The second kappa shape index (κ2) is 4.33. The quantitative estimate of drug-likeness (QED) is 0.820. The fourth-order valence-electron chi connectivity index (χ4n) is 1.91. The van der Waals surface area contributed by atoms with Crippen molar-refractivity contribution in [2.75, 3.05) is 6.61 Å². The van der Waals surface area contributed by atoms with E-state index in [1.165, 1.54) is 0 Å². The summed E-state index contributed by atoms with van der Waals surface area (Å²) >= 11 is 0. The highest BCUT2D eigenvalue weighted by Gasteiger charge is 2.41. The van der Waals surface area contributed by atoms with Gasteiger partial charge in [-0.3, -0.25) is 0 Å². The van der Waals surface area contributed by atoms with Crippen LogP contribution in [0.3, 0.4) is 0 Å². The predicted octanol–water partition coefficient (Wildman–Crippen LogP) is 2.05. The van der Waals surface area contributed by atoms with Crippen LogP contribution in [0.2, 0.25) is 0 Å². The summed E-state index contributed by atoms with van der Waals surface area (Å²) in [5.74, 6) is -0.385. The topological polar surface area (TPSA) is 55.8 Å². The van der Waals surface area contributed by atoms with Gasteiger partial charge in [0.25, 0.3) is 0 Å². The van der Waals surface area contributed by atoms with Crippen molar-refractivity contribution in [3.05, 3.63) is 35.9 Å². The highest BCUT2D eigenvalue weighted by atomic mass is 16.8. The molecule has 0 N–H and O–H groups in total. The average molecular weight is 247 g/mol. The number of amides is 1. The first-order chi connectivity index (χ1) is 8.75. The molecule has 1 amide bonds. The number of carbonyl (C=O) groups is 2. The van der Waals surface area contributed by atoms with E-state index in [1.807, 2.05) is 30.3 Å². The van der Waals surface area contributed by atoms with Gasteiger partial charge in [-0.05, 0) is 18.4 Å². The molecule has 1 saturated carbocycles. The fourth-order valence-corrected chi connectivity index (χ4v) is 1.91. The molecule has 5 heteroatoms. The zero-order valence-electron chi connectivity index (χ0n) is 9.74. The number of rotatable bonds is 3. The van der Waals surface area contributed by atoms with Crippen LogP contribution in [0.25, 0.3) is 0 Å². The van der Waals surface area contributed by atoms with Gasteiger partial charge in [0.1, 0.15) is 12.6 Å². The van der Waals surface area contributed by atoms with Gasteiger partial charge in [0.05, 0.1) is 5.92 Å². The standard InChI is InChI=1S/C13H13NO4/c15-12(10-6-7-10)18-14-11(8-17-13(14)16)9-4-2-1-3-5-9/h1-5,10-11H,6-8H2/t11-/m1/s1. The van der Waals surface area contributed by atoms with E-state index in [9.17, 15) is 9.59 Å². The molecule has 1 aromatic carbocycles. The molecule has 5 nitrogen and oxygen atoms in total. The molecule has 94 valence electrons. The largest absolute Gasteiger partial charge is 0.445 e. The lowest BCUT2D eigenvalue weighted by atomic mass is 10.1. The molecule has 2 aliphatic rings. The minimum atomic E-state index is -0.599. The fraction of sp³-hybridized carbons (Fsp3) is 0.385. The maximum atomic E-state index is 11.6. The SMILES string of the molecule is O=C(ON1C(=O)OC[C@@H]1c1ccccc1)C1CC1. The number of cyclic esters (lactones) is 1. The molecule has 0 unspecified atom stereocenters. The van der Waals surface area contributed by atoms with Crippen molar-refractivity contribution >= 4 is 12.1 Å². The Balaban J connectivity index is 1.76. The number of nitrogens with zero attached hydrogens (tertiary/aromatic N) is 1. The Morgan fingerprint density at radius 1 is 1.28 bits per heavy atom. The van der Waals surface area contributed by atoms with E-state index >= 15 is 0 Å². The molecule has 1 aromatic rings. The molecule has 1 aliphatic heterocycles. The van der Waals surface area contributed by atoms with Crippen molar-refractivity contribution in [3.63, 3.8) is 0 Å². The Morgan fingerprint density at radius 2 is 2.00 bits per heavy atom. The summed E-state index contributed by atoms with van der Waals surface area (Å²) in [4.78, 5) is 28.3. The lowest BCUT2D eigenvalue weighted by Gasteiger charge is -2.19. The Morgan fingerprint density at radius 3 is 2.67 bits per heavy atom. The van der Waals surface area contributed by atoms with Gasteiger partial charge < -0.3 is 9.57 Å². The normalized spacial score (nSPS) is 22.8. The second-order valence-corrected chi connectivity index (χ2v) is 4.51. The molecular formula is C13H13NO4. The van der Waals surface area contributed by atoms with Gasteiger partial charge in [0, 0.05) is 0 Å². The van der Waals surface area contributed by atoms with Crippen LogP contribution in [0.1, 0.15) is 24.4 Å². The second-order valence-electron chi connectivity index (χ2n) is 4.51. The summed E-state index contributed by atoms with van der Waals surface area (Å²) in [6.45, 7) is 0.209. The van der Waals surface area contributed by atoms with Crippen molar-refractivity contribution in [1.29, 1.82) is 0 Å². The van der Waals surface area contributed by atoms with Crippen molar-refractivity contribution < 1.29 is 19.2 Å². The summed E-state index contributed by atoms with van der Waals surface area (Å²) < 4.78 is 4.94. The van der Waals surface area contributed by atoms with Gasteiger partial charge in [-0.15, -0.1) is 5.06 Å². The molecule has 3 rings (SSSR count). The summed E-state index contributed by atoms with van der Waals surface area (Å²) in [5.41, 5.74) is 0.895. The van der Waals surface area contributed by atoms with Gasteiger partial charge in [0.15, 0.2) is 0 Å². The van der Waals surface area contributed by atoms with Gasteiger partial charge in [0.2, 0.25) is 0 Å². The van der Waals surface area contributed by atoms with Crippen LogP contribution in [0.15, 0.2) is 30.3 Å². The van der Waals surface area contributed by atoms with E-state index in [2.05, 4.69) is 0 Å².